The lowest BCUT2D eigenvalue weighted by molar-refractivity contribution is -0.132. The van der Waals surface area contributed by atoms with Crippen molar-refractivity contribution in [2.75, 3.05) is 44.4 Å². The summed E-state index contributed by atoms with van der Waals surface area (Å²) in [5.41, 5.74) is 3.40. The van der Waals surface area contributed by atoms with Gasteiger partial charge in [0.2, 0.25) is 11.8 Å². The fourth-order valence-electron chi connectivity index (χ4n) is 3.88. The molecule has 6 nitrogen and oxygen atoms in total. The molecule has 0 radical (unpaired) electrons. The minimum atomic E-state index is -0.0550. The first-order valence-electron chi connectivity index (χ1n) is 10.5. The van der Waals surface area contributed by atoms with Gasteiger partial charge in [0, 0.05) is 42.7 Å². The SMILES string of the molecule is O=C(CSCC(=O)N1CCOCC1)NCC(c1ccccc1)c1c[nH]c2ccccc12. The zero-order chi connectivity index (χ0) is 21.5. The van der Waals surface area contributed by atoms with Crippen LogP contribution >= 0.6 is 11.8 Å². The van der Waals surface area contributed by atoms with Crippen molar-refractivity contribution >= 4 is 34.5 Å². The molecule has 162 valence electrons. The Balaban J connectivity index is 1.35. The second-order valence-corrected chi connectivity index (χ2v) is 8.53. The van der Waals surface area contributed by atoms with E-state index in [1.165, 1.54) is 11.8 Å². The number of carbonyl (C=O) groups excluding carboxylic acids is 2. The van der Waals surface area contributed by atoms with Crippen molar-refractivity contribution in [3.63, 3.8) is 0 Å². The highest BCUT2D eigenvalue weighted by molar-refractivity contribution is 8.00. The molecule has 2 amide bonds. The molecule has 2 N–H and O–H groups in total. The predicted octanol–water partition coefficient (Wildman–Crippen LogP) is 3.01. The molecule has 0 spiro atoms. The molecule has 1 unspecified atom stereocenters. The molecular formula is C24H27N3O3S. The first-order valence-corrected chi connectivity index (χ1v) is 11.7. The Kier molecular flexibility index (Phi) is 7.27. The third kappa shape index (κ3) is 5.48. The van der Waals surface area contributed by atoms with Gasteiger partial charge in [0.05, 0.1) is 24.7 Å². The topological polar surface area (TPSA) is 74.4 Å². The van der Waals surface area contributed by atoms with E-state index in [4.69, 9.17) is 4.74 Å². The molecule has 4 rings (SSSR count). The number of ether oxygens (including phenoxy) is 1. The number of morpholine rings is 1. The van der Waals surface area contributed by atoms with Crippen molar-refractivity contribution in [1.82, 2.24) is 15.2 Å². The molecule has 1 saturated heterocycles. The third-order valence-electron chi connectivity index (χ3n) is 5.52. The summed E-state index contributed by atoms with van der Waals surface area (Å²) in [6.45, 7) is 2.95. The minimum Gasteiger partial charge on any atom is -0.378 e. The van der Waals surface area contributed by atoms with Crippen LogP contribution in [0.4, 0.5) is 0 Å². The van der Waals surface area contributed by atoms with Gasteiger partial charge in [-0.25, -0.2) is 0 Å². The number of carbonyl (C=O) groups is 2. The summed E-state index contributed by atoms with van der Waals surface area (Å²) in [6.07, 6.45) is 2.03. The number of amides is 2. The van der Waals surface area contributed by atoms with Gasteiger partial charge in [-0.15, -0.1) is 11.8 Å². The quantitative estimate of drug-likeness (QED) is 0.568. The number of hydrogen-bond acceptors (Lipinski definition) is 4. The van der Waals surface area contributed by atoms with Crippen LogP contribution in [-0.2, 0) is 14.3 Å². The summed E-state index contributed by atoms with van der Waals surface area (Å²) < 4.78 is 5.27. The Bertz CT molecular complexity index is 1020. The normalized spacial score (nSPS) is 15.0. The van der Waals surface area contributed by atoms with Crippen LogP contribution < -0.4 is 5.32 Å². The monoisotopic (exact) mass is 437 g/mol. The molecule has 31 heavy (non-hydrogen) atoms. The number of nitrogens with zero attached hydrogens (tertiary/aromatic N) is 1. The Morgan fingerprint density at radius 3 is 2.58 bits per heavy atom. The molecule has 2 aromatic carbocycles. The second-order valence-electron chi connectivity index (χ2n) is 7.54. The maximum Gasteiger partial charge on any atom is 0.232 e. The molecule has 3 aromatic rings. The molecule has 1 fully saturated rings. The van der Waals surface area contributed by atoms with E-state index in [-0.39, 0.29) is 23.5 Å². The van der Waals surface area contributed by atoms with E-state index in [0.717, 1.165) is 22.0 Å². The highest BCUT2D eigenvalue weighted by atomic mass is 32.2. The maximum absolute atomic E-state index is 12.5. The predicted molar refractivity (Wildman–Crippen MR) is 124 cm³/mol. The summed E-state index contributed by atoms with van der Waals surface area (Å²) in [5.74, 6) is 0.646. The second kappa shape index (κ2) is 10.5. The van der Waals surface area contributed by atoms with E-state index >= 15 is 0 Å². The van der Waals surface area contributed by atoms with Gasteiger partial charge in [0.25, 0.3) is 0 Å². The summed E-state index contributed by atoms with van der Waals surface area (Å²) in [4.78, 5) is 29.8. The number of fused-ring (bicyclic) bond motifs is 1. The van der Waals surface area contributed by atoms with Crippen LogP contribution in [0.5, 0.6) is 0 Å². The number of aromatic amines is 1. The van der Waals surface area contributed by atoms with Gasteiger partial charge in [-0.3, -0.25) is 9.59 Å². The molecule has 2 heterocycles. The van der Waals surface area contributed by atoms with Crippen LogP contribution in [0.2, 0.25) is 0 Å². The lowest BCUT2D eigenvalue weighted by Gasteiger charge is -2.26. The average Bonchev–Trinajstić information content (AvgIpc) is 3.24. The van der Waals surface area contributed by atoms with Gasteiger partial charge in [0.1, 0.15) is 0 Å². The summed E-state index contributed by atoms with van der Waals surface area (Å²) in [7, 11) is 0. The van der Waals surface area contributed by atoms with Crippen LogP contribution in [-0.4, -0.2) is 66.1 Å². The Labute approximate surface area is 186 Å². The number of para-hydroxylation sites is 1. The Morgan fingerprint density at radius 1 is 1.03 bits per heavy atom. The van der Waals surface area contributed by atoms with Gasteiger partial charge >= 0.3 is 0 Å². The third-order valence-corrected chi connectivity index (χ3v) is 6.44. The van der Waals surface area contributed by atoms with Gasteiger partial charge in [-0.2, -0.15) is 0 Å². The molecule has 0 bridgehead atoms. The first-order chi connectivity index (χ1) is 15.2. The van der Waals surface area contributed by atoms with Crippen molar-refractivity contribution in [2.45, 2.75) is 5.92 Å². The zero-order valence-electron chi connectivity index (χ0n) is 17.4. The number of thioether (sulfide) groups is 1. The number of aromatic nitrogens is 1. The molecule has 1 aliphatic heterocycles. The van der Waals surface area contributed by atoms with Crippen molar-refractivity contribution in [2.24, 2.45) is 0 Å². The molecule has 1 aromatic heterocycles. The highest BCUT2D eigenvalue weighted by Crippen LogP contribution is 2.30. The molecule has 1 aliphatic rings. The van der Waals surface area contributed by atoms with E-state index in [0.29, 0.717) is 38.6 Å². The summed E-state index contributed by atoms with van der Waals surface area (Å²) >= 11 is 1.36. The summed E-state index contributed by atoms with van der Waals surface area (Å²) in [6, 6.07) is 18.4. The lowest BCUT2D eigenvalue weighted by Crippen LogP contribution is -2.41. The van der Waals surface area contributed by atoms with E-state index in [1.54, 1.807) is 4.90 Å². The van der Waals surface area contributed by atoms with Crippen molar-refractivity contribution < 1.29 is 14.3 Å². The van der Waals surface area contributed by atoms with Gasteiger partial charge in [0.15, 0.2) is 0 Å². The lowest BCUT2D eigenvalue weighted by atomic mass is 9.91. The van der Waals surface area contributed by atoms with Gasteiger partial charge < -0.3 is 19.9 Å². The highest BCUT2D eigenvalue weighted by Gasteiger charge is 2.20. The van der Waals surface area contributed by atoms with E-state index in [1.807, 2.05) is 36.5 Å². The van der Waals surface area contributed by atoms with Gasteiger partial charge in [-0.05, 0) is 17.2 Å². The summed E-state index contributed by atoms with van der Waals surface area (Å²) in [5, 5.41) is 4.23. The minimum absolute atomic E-state index is 0.0429. The Hall–Kier alpha value is -2.77. The first kappa shape index (κ1) is 21.5. The molecule has 0 saturated carbocycles. The molecule has 1 atom stereocenters. The van der Waals surface area contributed by atoms with E-state index < -0.39 is 0 Å². The molecule has 0 aliphatic carbocycles. The Morgan fingerprint density at radius 2 is 1.77 bits per heavy atom. The number of rotatable bonds is 8. The van der Waals surface area contributed by atoms with Crippen LogP contribution in [0.25, 0.3) is 10.9 Å². The smallest absolute Gasteiger partial charge is 0.232 e. The van der Waals surface area contributed by atoms with Crippen LogP contribution in [0.1, 0.15) is 17.0 Å². The zero-order valence-corrected chi connectivity index (χ0v) is 18.2. The number of hydrogen-bond donors (Lipinski definition) is 2. The fourth-order valence-corrected chi connectivity index (χ4v) is 4.62. The van der Waals surface area contributed by atoms with Crippen molar-refractivity contribution in [3.8, 4) is 0 Å². The standard InChI is InChI=1S/C24H27N3O3S/c28-23(16-31-17-24(29)27-10-12-30-13-11-27)26-14-20(18-6-2-1-3-7-18)21-15-25-22-9-5-4-8-19(21)22/h1-9,15,20,25H,10-14,16-17H2,(H,26,28). The number of H-pyrrole nitrogens is 1. The fraction of sp³-hybridized carbons (Fsp3) is 0.333. The van der Waals surface area contributed by atoms with E-state index in [2.05, 4.69) is 34.6 Å². The molecule has 7 heteroatoms. The number of nitrogens with one attached hydrogen (secondary N) is 2. The van der Waals surface area contributed by atoms with Crippen LogP contribution in [0.15, 0.2) is 60.8 Å². The van der Waals surface area contributed by atoms with Crippen molar-refractivity contribution in [1.29, 1.82) is 0 Å². The maximum atomic E-state index is 12.5. The van der Waals surface area contributed by atoms with Crippen molar-refractivity contribution in [3.05, 3.63) is 71.9 Å². The van der Waals surface area contributed by atoms with Crippen LogP contribution in [0, 0.1) is 0 Å². The number of benzene rings is 2. The van der Waals surface area contributed by atoms with Crippen LogP contribution in [0.3, 0.4) is 0 Å². The van der Waals surface area contributed by atoms with Gasteiger partial charge in [-0.1, -0.05) is 48.5 Å². The average molecular weight is 438 g/mol. The van der Waals surface area contributed by atoms with E-state index in [9.17, 15) is 9.59 Å². The largest absolute Gasteiger partial charge is 0.378 e. The molecular weight excluding hydrogens is 410 g/mol.